The first kappa shape index (κ1) is 46.0. The maximum absolute atomic E-state index is 11.0. The lowest BCUT2D eigenvalue weighted by Gasteiger charge is -2.13. The minimum absolute atomic E-state index is 0.0141. The highest BCUT2D eigenvalue weighted by Gasteiger charge is 2.09. The summed E-state index contributed by atoms with van der Waals surface area (Å²) in [5, 5.41) is 28.9. The Bertz CT molecular complexity index is 1240. The minimum Gasteiger partial charge on any atom is -0.491 e. The normalized spacial score (nSPS) is 12.3. The van der Waals surface area contributed by atoms with E-state index in [4.69, 9.17) is 42.6 Å². The van der Waals surface area contributed by atoms with Gasteiger partial charge < -0.3 is 62.7 Å². The smallest absolute Gasteiger partial charge is 0.330 e. The van der Waals surface area contributed by atoms with E-state index in [9.17, 15) is 24.9 Å². The molecule has 52 heavy (non-hydrogen) atoms. The van der Waals surface area contributed by atoms with Crippen molar-refractivity contribution in [3.63, 3.8) is 0 Å². The zero-order chi connectivity index (χ0) is 38.2. The Labute approximate surface area is 305 Å². The highest BCUT2D eigenvalue weighted by molar-refractivity contribution is 5.81. The van der Waals surface area contributed by atoms with Crippen LogP contribution in [0.25, 0.3) is 0 Å². The quantitative estimate of drug-likeness (QED) is 0.0625. The van der Waals surface area contributed by atoms with Crippen molar-refractivity contribution >= 4 is 11.9 Å². The number of aliphatic hydroxyl groups is 3. The van der Waals surface area contributed by atoms with Gasteiger partial charge in [-0.3, -0.25) is 0 Å². The summed E-state index contributed by atoms with van der Waals surface area (Å²) in [6.07, 6.45) is -0.402. The summed E-state index contributed by atoms with van der Waals surface area (Å²) in [5.41, 5.74) is 1.13. The van der Waals surface area contributed by atoms with Crippen LogP contribution in [0, 0.1) is 6.92 Å². The first-order chi connectivity index (χ1) is 25.2. The Morgan fingerprint density at radius 2 is 0.942 bits per heavy atom. The molecule has 3 unspecified atom stereocenters. The summed E-state index contributed by atoms with van der Waals surface area (Å²) in [6, 6.07) is 14.9. The molecule has 0 spiro atoms. The molecule has 3 atom stereocenters. The number of hydrogen-bond donors (Lipinski definition) is 3. The van der Waals surface area contributed by atoms with Gasteiger partial charge in [-0.15, -0.1) is 0 Å². The Kier molecular flexibility index (Phi) is 27.0. The Morgan fingerprint density at radius 3 is 1.33 bits per heavy atom. The standard InChI is InChI=1S/C28H38O10.C9H16O5/c1-3-28(31)38-21-24(30)20-34-12-15-37-27-9-5-8-26(17-27)36-14-11-33-19-23(29)18-32-10-13-35-25-7-4-6-22(2)16-25;1-3-9(11)14-7-8(10)6-13-5-4-12-2/h3-9,16-17,23-24,29-30H,1,10-15,18-21H2,2H3;3,8,10H,1,4-7H2,2H3. The van der Waals surface area contributed by atoms with Crippen LogP contribution in [-0.2, 0) is 42.7 Å². The van der Waals surface area contributed by atoms with Crippen molar-refractivity contribution in [3.05, 3.63) is 79.4 Å². The van der Waals surface area contributed by atoms with Crippen molar-refractivity contribution in [2.45, 2.75) is 25.2 Å². The van der Waals surface area contributed by atoms with Crippen molar-refractivity contribution < 1.29 is 72.3 Å². The SMILES string of the molecule is C=CC(=O)OCC(O)COCCOC.C=CC(=O)OCC(O)COCCOc1cccc(OCCOCC(O)COCCOc2cccc(C)c2)c1. The van der Waals surface area contributed by atoms with Gasteiger partial charge in [-0.25, -0.2) is 9.59 Å². The number of esters is 2. The van der Waals surface area contributed by atoms with E-state index in [0.29, 0.717) is 51.1 Å². The van der Waals surface area contributed by atoms with Crippen molar-refractivity contribution in [1.29, 1.82) is 0 Å². The van der Waals surface area contributed by atoms with E-state index in [2.05, 4.69) is 17.9 Å². The number of methoxy groups -OCH3 is 1. The van der Waals surface area contributed by atoms with Crippen LogP contribution < -0.4 is 14.2 Å². The average molecular weight is 739 g/mol. The van der Waals surface area contributed by atoms with Gasteiger partial charge in [0, 0.05) is 25.3 Å². The second-order valence-corrected chi connectivity index (χ2v) is 10.8. The molecule has 0 aliphatic rings. The lowest BCUT2D eigenvalue weighted by atomic mass is 10.2. The van der Waals surface area contributed by atoms with Crippen LogP contribution in [0.5, 0.6) is 17.2 Å². The first-order valence-corrected chi connectivity index (χ1v) is 16.6. The van der Waals surface area contributed by atoms with E-state index in [1.165, 1.54) is 0 Å². The van der Waals surface area contributed by atoms with Crippen molar-refractivity contribution in [2.75, 3.05) is 99.6 Å². The van der Waals surface area contributed by atoms with Gasteiger partial charge in [0.25, 0.3) is 0 Å². The van der Waals surface area contributed by atoms with Crippen LogP contribution in [0.4, 0.5) is 0 Å². The molecule has 0 amide bonds. The summed E-state index contributed by atoms with van der Waals surface area (Å²) in [4.78, 5) is 21.5. The second-order valence-electron chi connectivity index (χ2n) is 10.8. The fraction of sp³-hybridized carbons (Fsp3) is 0.514. The molecule has 0 saturated heterocycles. The van der Waals surface area contributed by atoms with Crippen LogP contribution in [0.15, 0.2) is 73.8 Å². The van der Waals surface area contributed by atoms with Gasteiger partial charge in [0.15, 0.2) is 0 Å². The third-order valence-corrected chi connectivity index (χ3v) is 6.13. The average Bonchev–Trinajstić information content (AvgIpc) is 3.14. The summed E-state index contributed by atoms with van der Waals surface area (Å²) in [7, 11) is 1.56. The van der Waals surface area contributed by atoms with Gasteiger partial charge in [0.1, 0.15) is 68.6 Å². The van der Waals surface area contributed by atoms with Gasteiger partial charge in [0.2, 0.25) is 0 Å². The molecular weight excluding hydrogens is 684 g/mol. The van der Waals surface area contributed by atoms with Crippen molar-refractivity contribution in [2.24, 2.45) is 0 Å². The van der Waals surface area contributed by atoms with E-state index in [1.807, 2.05) is 31.2 Å². The molecule has 0 heterocycles. The van der Waals surface area contributed by atoms with Gasteiger partial charge in [0.05, 0.1) is 59.5 Å². The van der Waals surface area contributed by atoms with Gasteiger partial charge >= 0.3 is 11.9 Å². The van der Waals surface area contributed by atoms with Crippen LogP contribution in [-0.4, -0.2) is 145 Å². The highest BCUT2D eigenvalue weighted by Crippen LogP contribution is 2.19. The number of ether oxygens (including phenoxy) is 10. The fourth-order valence-corrected chi connectivity index (χ4v) is 3.65. The van der Waals surface area contributed by atoms with Crippen LogP contribution in [0.3, 0.4) is 0 Å². The number of aryl methyl sites for hydroxylation is 1. The zero-order valence-corrected chi connectivity index (χ0v) is 30.1. The molecule has 3 N–H and O–H groups in total. The van der Waals surface area contributed by atoms with E-state index < -0.39 is 30.3 Å². The molecule has 15 heteroatoms. The molecule has 2 rings (SSSR count). The first-order valence-electron chi connectivity index (χ1n) is 16.6. The molecule has 292 valence electrons. The number of hydrogen-bond acceptors (Lipinski definition) is 15. The Balaban J connectivity index is 0.000000813. The molecule has 15 nitrogen and oxygen atoms in total. The van der Waals surface area contributed by atoms with Crippen molar-refractivity contribution in [1.82, 2.24) is 0 Å². The van der Waals surface area contributed by atoms with Gasteiger partial charge in [-0.1, -0.05) is 31.4 Å². The predicted octanol–water partition coefficient (Wildman–Crippen LogP) is 2.07. The van der Waals surface area contributed by atoms with Crippen LogP contribution in [0.1, 0.15) is 5.56 Å². The largest absolute Gasteiger partial charge is 0.491 e. The number of carbonyl (C=O) groups excluding carboxylic acids is 2. The highest BCUT2D eigenvalue weighted by atomic mass is 16.6. The molecule has 0 radical (unpaired) electrons. The van der Waals surface area contributed by atoms with Crippen LogP contribution >= 0.6 is 0 Å². The molecule has 0 fully saturated rings. The number of rotatable bonds is 29. The molecular formula is C37H54O15. The maximum Gasteiger partial charge on any atom is 0.330 e. The molecule has 0 aliphatic carbocycles. The fourth-order valence-electron chi connectivity index (χ4n) is 3.65. The lowest BCUT2D eigenvalue weighted by Crippen LogP contribution is -2.24. The summed E-state index contributed by atoms with van der Waals surface area (Å²) >= 11 is 0. The van der Waals surface area contributed by atoms with Gasteiger partial charge in [-0.05, 0) is 36.8 Å². The van der Waals surface area contributed by atoms with Crippen molar-refractivity contribution in [3.8, 4) is 17.2 Å². The second kappa shape index (κ2) is 30.6. The third-order valence-electron chi connectivity index (χ3n) is 6.13. The molecule has 2 aromatic rings. The lowest BCUT2D eigenvalue weighted by molar-refractivity contribution is -0.142. The topological polar surface area (TPSA) is 187 Å². The summed E-state index contributed by atoms with van der Waals surface area (Å²) < 4.78 is 52.1. The van der Waals surface area contributed by atoms with E-state index in [1.54, 1.807) is 31.4 Å². The zero-order valence-electron chi connectivity index (χ0n) is 30.1. The third kappa shape index (κ3) is 25.8. The maximum atomic E-state index is 11.0. The predicted molar refractivity (Wildman–Crippen MR) is 190 cm³/mol. The summed E-state index contributed by atoms with van der Waals surface area (Å²) in [6.45, 7) is 11.4. The molecule has 0 aliphatic heterocycles. The van der Waals surface area contributed by atoms with Crippen LogP contribution in [0.2, 0.25) is 0 Å². The van der Waals surface area contributed by atoms with E-state index in [0.717, 1.165) is 23.5 Å². The Morgan fingerprint density at radius 1 is 0.577 bits per heavy atom. The van der Waals surface area contributed by atoms with Gasteiger partial charge in [-0.2, -0.15) is 0 Å². The number of benzene rings is 2. The minimum atomic E-state index is -0.921. The number of carbonyl (C=O) groups is 2. The van der Waals surface area contributed by atoms with E-state index in [-0.39, 0.29) is 52.9 Å². The summed E-state index contributed by atoms with van der Waals surface area (Å²) in [5.74, 6) is 0.859. The molecule has 2 aromatic carbocycles. The monoisotopic (exact) mass is 738 g/mol. The molecule has 0 aromatic heterocycles. The Hall–Kier alpha value is -4.06. The number of aliphatic hydroxyl groups excluding tert-OH is 3. The van der Waals surface area contributed by atoms with E-state index >= 15 is 0 Å². The molecule has 0 saturated carbocycles. The molecule has 0 bridgehead atoms.